The van der Waals surface area contributed by atoms with Gasteiger partial charge >= 0.3 is 0 Å². The van der Waals surface area contributed by atoms with Crippen molar-refractivity contribution in [1.29, 1.82) is 0 Å². The van der Waals surface area contributed by atoms with Crippen LogP contribution in [0.2, 0.25) is 0 Å². The van der Waals surface area contributed by atoms with E-state index < -0.39 is 0 Å². The van der Waals surface area contributed by atoms with Crippen molar-refractivity contribution in [3.05, 3.63) is 0 Å². The van der Waals surface area contributed by atoms with E-state index in [1.807, 2.05) is 0 Å². The number of fused-ring (bicyclic) bond motifs is 1. The fraction of sp³-hybridized carbons (Fsp3) is 1.00. The van der Waals surface area contributed by atoms with Crippen LogP contribution in [0.25, 0.3) is 0 Å². The Kier molecular flexibility index (Phi) is 0.852. The highest BCUT2D eigenvalue weighted by molar-refractivity contribution is 5.12. The van der Waals surface area contributed by atoms with E-state index in [4.69, 9.17) is 0 Å². The van der Waals surface area contributed by atoms with E-state index in [0.717, 1.165) is 17.3 Å². The third-order valence-electron chi connectivity index (χ3n) is 3.50. The van der Waals surface area contributed by atoms with Gasteiger partial charge in [0, 0.05) is 13.1 Å². The minimum atomic E-state index is 0.717. The molecule has 3 atom stereocenters. The minimum absolute atomic E-state index is 0.717. The highest BCUT2D eigenvalue weighted by Gasteiger charge is 2.62. The first-order valence-electron chi connectivity index (χ1n) is 3.83. The van der Waals surface area contributed by atoms with Crippen molar-refractivity contribution in [2.45, 2.75) is 13.8 Å². The Labute approximate surface area is 57.0 Å². The molecule has 1 aliphatic heterocycles. The van der Waals surface area contributed by atoms with Gasteiger partial charge in [-0.1, -0.05) is 13.8 Å². The molecule has 0 aromatic heterocycles. The zero-order valence-electron chi connectivity index (χ0n) is 6.52. The van der Waals surface area contributed by atoms with Crippen molar-refractivity contribution in [1.82, 2.24) is 4.90 Å². The highest BCUT2D eigenvalue weighted by atomic mass is 15.2. The zero-order chi connectivity index (χ0) is 6.65. The Bertz CT molecular complexity index is 144. The first kappa shape index (κ1) is 5.72. The van der Waals surface area contributed by atoms with E-state index in [-0.39, 0.29) is 0 Å². The molecule has 0 unspecified atom stereocenters. The lowest BCUT2D eigenvalue weighted by Gasteiger charge is -2.13. The van der Waals surface area contributed by atoms with Crippen LogP contribution in [-0.4, -0.2) is 25.0 Å². The van der Waals surface area contributed by atoms with Gasteiger partial charge in [0.2, 0.25) is 0 Å². The third-order valence-corrected chi connectivity index (χ3v) is 3.50. The summed E-state index contributed by atoms with van der Waals surface area (Å²) >= 11 is 0. The van der Waals surface area contributed by atoms with Gasteiger partial charge in [-0.05, 0) is 24.3 Å². The lowest BCUT2D eigenvalue weighted by molar-refractivity contribution is 0.318. The molecule has 9 heavy (non-hydrogen) atoms. The molecule has 2 rings (SSSR count). The van der Waals surface area contributed by atoms with Crippen molar-refractivity contribution in [3.8, 4) is 0 Å². The summed E-state index contributed by atoms with van der Waals surface area (Å²) in [5.74, 6) is 2.04. The molecule has 0 bridgehead atoms. The summed E-state index contributed by atoms with van der Waals surface area (Å²) in [6, 6.07) is 0. The summed E-state index contributed by atoms with van der Waals surface area (Å²) in [6.07, 6.45) is 0. The minimum Gasteiger partial charge on any atom is -0.305 e. The number of likely N-dealkylation sites (tertiary alicyclic amines) is 1. The molecule has 1 aliphatic carbocycles. The topological polar surface area (TPSA) is 3.24 Å². The summed E-state index contributed by atoms with van der Waals surface area (Å²) in [4.78, 5) is 2.45. The number of rotatable bonds is 0. The summed E-state index contributed by atoms with van der Waals surface area (Å²) in [6.45, 7) is 7.49. The van der Waals surface area contributed by atoms with Gasteiger partial charge in [0.15, 0.2) is 0 Å². The van der Waals surface area contributed by atoms with Crippen LogP contribution in [0, 0.1) is 17.3 Å². The molecule has 52 valence electrons. The van der Waals surface area contributed by atoms with Gasteiger partial charge < -0.3 is 4.90 Å². The molecule has 2 fully saturated rings. The molecular weight excluding hydrogens is 110 g/mol. The SMILES string of the molecule is C[C@H]1[C@@H]2CN(C)C[C@]12C. The van der Waals surface area contributed by atoms with Crippen molar-refractivity contribution in [3.63, 3.8) is 0 Å². The smallest absolute Gasteiger partial charge is 0.00383 e. The molecule has 1 saturated heterocycles. The summed E-state index contributed by atoms with van der Waals surface area (Å²) in [5.41, 5.74) is 0.717. The van der Waals surface area contributed by atoms with Crippen LogP contribution in [0.4, 0.5) is 0 Å². The van der Waals surface area contributed by atoms with Gasteiger partial charge in [0.25, 0.3) is 0 Å². The van der Waals surface area contributed by atoms with Crippen molar-refractivity contribution >= 4 is 0 Å². The number of hydrogen-bond donors (Lipinski definition) is 0. The zero-order valence-corrected chi connectivity index (χ0v) is 6.52. The molecule has 1 heteroatoms. The number of piperidine rings is 1. The Balaban J connectivity index is 2.12. The maximum Gasteiger partial charge on any atom is 0.00383 e. The van der Waals surface area contributed by atoms with Crippen LogP contribution in [0.1, 0.15) is 13.8 Å². The second kappa shape index (κ2) is 1.34. The standard InChI is InChI=1S/C8H15N/c1-6-7-4-9(3)5-8(6,7)2/h6-7H,4-5H2,1-3H3/t6-,7-,8+/m0/s1. The van der Waals surface area contributed by atoms with Crippen LogP contribution < -0.4 is 0 Å². The van der Waals surface area contributed by atoms with Crippen molar-refractivity contribution in [2.75, 3.05) is 20.1 Å². The van der Waals surface area contributed by atoms with Crippen molar-refractivity contribution < 1.29 is 0 Å². The quantitative estimate of drug-likeness (QED) is 0.470. The van der Waals surface area contributed by atoms with Gasteiger partial charge in [-0.25, -0.2) is 0 Å². The third kappa shape index (κ3) is 0.536. The number of hydrogen-bond acceptors (Lipinski definition) is 1. The van der Waals surface area contributed by atoms with Gasteiger partial charge in [-0.15, -0.1) is 0 Å². The molecule has 0 spiro atoms. The summed E-state index contributed by atoms with van der Waals surface area (Å²) in [7, 11) is 2.23. The molecule has 2 aliphatic rings. The van der Waals surface area contributed by atoms with Crippen LogP contribution >= 0.6 is 0 Å². The average Bonchev–Trinajstić information content (AvgIpc) is 2.23. The van der Waals surface area contributed by atoms with E-state index in [2.05, 4.69) is 25.8 Å². The molecule has 0 radical (unpaired) electrons. The Morgan fingerprint density at radius 3 is 2.56 bits per heavy atom. The lowest BCUT2D eigenvalue weighted by Crippen LogP contribution is -2.21. The van der Waals surface area contributed by atoms with E-state index in [9.17, 15) is 0 Å². The average molecular weight is 125 g/mol. The fourth-order valence-electron chi connectivity index (χ4n) is 2.52. The number of nitrogens with zero attached hydrogens (tertiary/aromatic N) is 1. The first-order valence-corrected chi connectivity index (χ1v) is 3.83. The van der Waals surface area contributed by atoms with Crippen LogP contribution in [0.5, 0.6) is 0 Å². The summed E-state index contributed by atoms with van der Waals surface area (Å²) in [5, 5.41) is 0. The Morgan fingerprint density at radius 1 is 1.56 bits per heavy atom. The summed E-state index contributed by atoms with van der Waals surface area (Å²) < 4.78 is 0. The molecule has 1 nitrogen and oxygen atoms in total. The predicted molar refractivity (Wildman–Crippen MR) is 38.3 cm³/mol. The van der Waals surface area contributed by atoms with E-state index in [1.165, 1.54) is 13.1 Å². The molecule has 0 N–H and O–H groups in total. The molecular formula is C8H15N. The molecule has 0 aromatic carbocycles. The maximum atomic E-state index is 2.45. The van der Waals surface area contributed by atoms with E-state index in [0.29, 0.717) is 0 Å². The lowest BCUT2D eigenvalue weighted by atomic mass is 10.1. The van der Waals surface area contributed by atoms with Gasteiger partial charge in [-0.2, -0.15) is 0 Å². The molecule has 1 saturated carbocycles. The normalized spacial score (nSPS) is 57.7. The fourth-order valence-corrected chi connectivity index (χ4v) is 2.52. The maximum absolute atomic E-state index is 2.45. The highest BCUT2D eigenvalue weighted by Crippen LogP contribution is 2.62. The van der Waals surface area contributed by atoms with E-state index in [1.54, 1.807) is 0 Å². The molecule has 1 heterocycles. The van der Waals surface area contributed by atoms with Crippen LogP contribution in [0.3, 0.4) is 0 Å². The monoisotopic (exact) mass is 125 g/mol. The predicted octanol–water partition coefficient (Wildman–Crippen LogP) is 1.20. The Morgan fingerprint density at radius 2 is 2.22 bits per heavy atom. The first-order chi connectivity index (χ1) is 4.14. The van der Waals surface area contributed by atoms with Crippen molar-refractivity contribution in [2.24, 2.45) is 17.3 Å². The van der Waals surface area contributed by atoms with E-state index >= 15 is 0 Å². The van der Waals surface area contributed by atoms with Gasteiger partial charge in [0.05, 0.1) is 0 Å². The molecule has 0 aromatic rings. The van der Waals surface area contributed by atoms with Crippen LogP contribution in [0.15, 0.2) is 0 Å². The van der Waals surface area contributed by atoms with Gasteiger partial charge in [0.1, 0.15) is 0 Å². The van der Waals surface area contributed by atoms with Crippen LogP contribution in [-0.2, 0) is 0 Å². The largest absolute Gasteiger partial charge is 0.305 e. The van der Waals surface area contributed by atoms with Gasteiger partial charge in [-0.3, -0.25) is 0 Å². The Hall–Kier alpha value is -0.0400. The second-order valence-corrected chi connectivity index (χ2v) is 4.10. The molecule has 0 amide bonds. The second-order valence-electron chi connectivity index (χ2n) is 4.10.